The van der Waals surface area contributed by atoms with E-state index in [-0.39, 0.29) is 11.5 Å². The van der Waals surface area contributed by atoms with E-state index in [2.05, 4.69) is 27.8 Å². The molecule has 1 aromatic carbocycles. The quantitative estimate of drug-likeness (QED) is 0.539. The average Bonchev–Trinajstić information content (AvgIpc) is 3.16. The van der Waals surface area contributed by atoms with Gasteiger partial charge in [-0.1, -0.05) is 12.1 Å². The molecule has 0 amide bonds. The van der Waals surface area contributed by atoms with Crippen LogP contribution in [0.2, 0.25) is 0 Å². The predicted octanol–water partition coefficient (Wildman–Crippen LogP) is 2.54. The summed E-state index contributed by atoms with van der Waals surface area (Å²) in [5.74, 6) is 1.43. The standard InChI is InChI=1S/C21H31F3N4O2/c1-25-19(27-17-7-10-28(13-17)15-21(22,23)24)26-14-20(8-11-30-12-9-20)16-3-5-18(29-2)6-4-16/h3-6,17H,7-15H2,1-2H3,(H2,25,26,27). The molecule has 1 aromatic rings. The minimum Gasteiger partial charge on any atom is -0.497 e. The Morgan fingerprint density at radius 3 is 2.57 bits per heavy atom. The first-order valence-corrected chi connectivity index (χ1v) is 10.3. The van der Waals surface area contributed by atoms with E-state index in [0.29, 0.717) is 45.2 Å². The van der Waals surface area contributed by atoms with E-state index in [1.165, 1.54) is 10.5 Å². The highest BCUT2D eigenvalue weighted by Crippen LogP contribution is 2.35. The lowest BCUT2D eigenvalue weighted by Gasteiger charge is -2.38. The van der Waals surface area contributed by atoms with Crippen LogP contribution in [0.25, 0.3) is 0 Å². The molecule has 1 atom stereocenters. The van der Waals surface area contributed by atoms with Gasteiger partial charge in [0.1, 0.15) is 5.75 Å². The van der Waals surface area contributed by atoms with Gasteiger partial charge in [-0.15, -0.1) is 0 Å². The molecule has 2 aliphatic rings. The molecule has 2 N–H and O–H groups in total. The largest absolute Gasteiger partial charge is 0.497 e. The van der Waals surface area contributed by atoms with Crippen molar-refractivity contribution in [3.05, 3.63) is 29.8 Å². The molecule has 1 unspecified atom stereocenters. The Kier molecular flexibility index (Phi) is 7.46. The van der Waals surface area contributed by atoms with Crippen molar-refractivity contribution in [3.63, 3.8) is 0 Å². The van der Waals surface area contributed by atoms with Crippen molar-refractivity contribution in [1.29, 1.82) is 0 Å². The summed E-state index contributed by atoms with van der Waals surface area (Å²) in [5, 5.41) is 6.69. The predicted molar refractivity (Wildman–Crippen MR) is 110 cm³/mol. The maximum atomic E-state index is 12.6. The normalized spacial score (nSPS) is 22.7. The Morgan fingerprint density at radius 1 is 1.27 bits per heavy atom. The van der Waals surface area contributed by atoms with Crippen LogP contribution < -0.4 is 15.4 Å². The molecule has 2 saturated heterocycles. The maximum absolute atomic E-state index is 12.6. The molecule has 0 aliphatic carbocycles. The molecule has 6 nitrogen and oxygen atoms in total. The van der Waals surface area contributed by atoms with Crippen molar-refractivity contribution in [2.75, 3.05) is 53.6 Å². The lowest BCUT2D eigenvalue weighted by molar-refractivity contribution is -0.143. The fourth-order valence-electron chi connectivity index (χ4n) is 4.26. The Balaban J connectivity index is 1.60. The monoisotopic (exact) mass is 428 g/mol. The summed E-state index contributed by atoms with van der Waals surface area (Å²) >= 11 is 0. The second kappa shape index (κ2) is 9.87. The average molecular weight is 428 g/mol. The van der Waals surface area contributed by atoms with E-state index in [1.807, 2.05) is 12.1 Å². The SMILES string of the molecule is CN=C(NCC1(c2ccc(OC)cc2)CCOCC1)NC1CCN(CC(F)(F)F)C1. The fourth-order valence-corrected chi connectivity index (χ4v) is 4.26. The zero-order valence-corrected chi connectivity index (χ0v) is 17.6. The summed E-state index contributed by atoms with van der Waals surface area (Å²) in [6.45, 7) is 1.97. The molecule has 0 saturated carbocycles. The number of guanidine groups is 1. The zero-order chi connectivity index (χ0) is 21.6. The van der Waals surface area contributed by atoms with Gasteiger partial charge in [-0.3, -0.25) is 9.89 Å². The van der Waals surface area contributed by atoms with Crippen LogP contribution in [0.5, 0.6) is 5.75 Å². The summed E-state index contributed by atoms with van der Waals surface area (Å²) < 4.78 is 48.7. The summed E-state index contributed by atoms with van der Waals surface area (Å²) in [6.07, 6.45) is -1.74. The lowest BCUT2D eigenvalue weighted by atomic mass is 9.74. The molecular weight excluding hydrogens is 397 g/mol. The molecule has 0 aromatic heterocycles. The number of nitrogens with zero attached hydrogens (tertiary/aromatic N) is 2. The Morgan fingerprint density at radius 2 is 1.97 bits per heavy atom. The van der Waals surface area contributed by atoms with Crippen LogP contribution in [-0.2, 0) is 10.2 Å². The van der Waals surface area contributed by atoms with Gasteiger partial charge in [0.15, 0.2) is 5.96 Å². The number of hydrogen-bond donors (Lipinski definition) is 2. The third-order valence-electron chi connectivity index (χ3n) is 5.99. The molecular formula is C21H31F3N4O2. The van der Waals surface area contributed by atoms with Gasteiger partial charge in [0.25, 0.3) is 0 Å². The van der Waals surface area contributed by atoms with Crippen LogP contribution in [0, 0.1) is 0 Å². The number of likely N-dealkylation sites (tertiary alicyclic amines) is 1. The molecule has 0 bridgehead atoms. The van der Waals surface area contributed by atoms with Crippen LogP contribution in [0.3, 0.4) is 0 Å². The Bertz CT molecular complexity index is 703. The van der Waals surface area contributed by atoms with E-state index in [1.54, 1.807) is 14.2 Å². The van der Waals surface area contributed by atoms with Gasteiger partial charge >= 0.3 is 6.18 Å². The number of rotatable bonds is 6. The van der Waals surface area contributed by atoms with Crippen molar-refractivity contribution in [2.45, 2.75) is 36.9 Å². The second-order valence-electron chi connectivity index (χ2n) is 8.03. The topological polar surface area (TPSA) is 58.1 Å². The molecule has 30 heavy (non-hydrogen) atoms. The molecule has 2 fully saturated rings. The van der Waals surface area contributed by atoms with Crippen molar-refractivity contribution in [2.24, 2.45) is 4.99 Å². The molecule has 2 heterocycles. The number of benzene rings is 1. The molecule has 168 valence electrons. The molecule has 2 aliphatic heterocycles. The number of ether oxygens (including phenoxy) is 2. The van der Waals surface area contributed by atoms with E-state index < -0.39 is 12.7 Å². The first-order chi connectivity index (χ1) is 14.3. The number of methoxy groups -OCH3 is 1. The van der Waals surface area contributed by atoms with E-state index in [4.69, 9.17) is 9.47 Å². The molecule has 3 rings (SSSR count). The van der Waals surface area contributed by atoms with Gasteiger partial charge in [0.05, 0.1) is 13.7 Å². The number of aliphatic imine (C=N–C) groups is 1. The highest BCUT2D eigenvalue weighted by atomic mass is 19.4. The van der Waals surface area contributed by atoms with Crippen LogP contribution in [0.4, 0.5) is 13.2 Å². The summed E-state index contributed by atoms with van der Waals surface area (Å²) in [7, 11) is 3.33. The van der Waals surface area contributed by atoms with Crippen molar-refractivity contribution in [1.82, 2.24) is 15.5 Å². The van der Waals surface area contributed by atoms with Crippen LogP contribution in [0.1, 0.15) is 24.8 Å². The first kappa shape index (κ1) is 22.7. The number of hydrogen-bond acceptors (Lipinski definition) is 4. The van der Waals surface area contributed by atoms with Gasteiger partial charge in [-0.05, 0) is 37.0 Å². The number of alkyl halides is 3. The van der Waals surface area contributed by atoms with Gasteiger partial charge in [0.2, 0.25) is 0 Å². The van der Waals surface area contributed by atoms with Crippen LogP contribution >= 0.6 is 0 Å². The Hall–Kier alpha value is -2.00. The molecule has 0 radical (unpaired) electrons. The lowest BCUT2D eigenvalue weighted by Crippen LogP contribution is -2.50. The Labute approximate surface area is 175 Å². The van der Waals surface area contributed by atoms with E-state index in [9.17, 15) is 13.2 Å². The first-order valence-electron chi connectivity index (χ1n) is 10.3. The van der Waals surface area contributed by atoms with E-state index >= 15 is 0 Å². The van der Waals surface area contributed by atoms with Crippen molar-refractivity contribution in [3.8, 4) is 5.75 Å². The molecule has 9 heteroatoms. The summed E-state index contributed by atoms with van der Waals surface area (Å²) in [4.78, 5) is 5.72. The summed E-state index contributed by atoms with van der Waals surface area (Å²) in [5.41, 5.74) is 1.12. The van der Waals surface area contributed by atoms with Crippen molar-refractivity contribution >= 4 is 5.96 Å². The van der Waals surface area contributed by atoms with Crippen LogP contribution in [-0.4, -0.2) is 76.6 Å². The smallest absolute Gasteiger partial charge is 0.401 e. The van der Waals surface area contributed by atoms with Crippen molar-refractivity contribution < 1.29 is 22.6 Å². The van der Waals surface area contributed by atoms with E-state index in [0.717, 1.165) is 18.6 Å². The highest BCUT2D eigenvalue weighted by molar-refractivity contribution is 5.80. The number of nitrogens with one attached hydrogen (secondary N) is 2. The van der Waals surface area contributed by atoms with Gasteiger partial charge < -0.3 is 20.1 Å². The third-order valence-corrected chi connectivity index (χ3v) is 5.99. The van der Waals surface area contributed by atoms with Gasteiger partial charge in [-0.2, -0.15) is 13.2 Å². The number of halogens is 3. The molecule has 0 spiro atoms. The second-order valence-corrected chi connectivity index (χ2v) is 8.03. The zero-order valence-electron chi connectivity index (χ0n) is 17.6. The minimum absolute atomic E-state index is 0.0508. The van der Waals surface area contributed by atoms with Crippen LogP contribution in [0.15, 0.2) is 29.3 Å². The highest BCUT2D eigenvalue weighted by Gasteiger charge is 2.36. The third kappa shape index (κ3) is 6.01. The maximum Gasteiger partial charge on any atom is 0.401 e. The minimum atomic E-state index is -4.16. The van der Waals surface area contributed by atoms with Gasteiger partial charge in [0, 0.05) is 51.4 Å². The van der Waals surface area contributed by atoms with Gasteiger partial charge in [-0.25, -0.2) is 0 Å². The summed E-state index contributed by atoms with van der Waals surface area (Å²) in [6, 6.07) is 8.06. The fraction of sp³-hybridized carbons (Fsp3) is 0.667.